The van der Waals surface area contributed by atoms with Crippen LogP contribution in [0, 0.1) is 6.92 Å². The molecule has 0 amide bonds. The van der Waals surface area contributed by atoms with E-state index in [0.717, 1.165) is 33.5 Å². The van der Waals surface area contributed by atoms with Gasteiger partial charge in [-0.05, 0) is 54.8 Å². The van der Waals surface area contributed by atoms with Crippen molar-refractivity contribution >= 4 is 32.7 Å². The Morgan fingerprint density at radius 3 is 2.36 bits per heavy atom. The maximum Gasteiger partial charge on any atom is 0.135 e. The summed E-state index contributed by atoms with van der Waals surface area (Å²) >= 11 is 0. The van der Waals surface area contributed by atoms with Crippen molar-refractivity contribution in [2.24, 2.45) is 0 Å². The SMILES string of the molecule is Cc1cc(-c2cc3cc4c5ccc(o5)c4cc3cn2)ccn1. The van der Waals surface area contributed by atoms with Crippen LogP contribution in [0.2, 0.25) is 0 Å². The number of nitrogens with zero attached hydrogens (tertiary/aromatic N) is 2. The highest BCUT2D eigenvalue weighted by Crippen LogP contribution is 2.35. The molecule has 0 saturated carbocycles. The van der Waals surface area contributed by atoms with Gasteiger partial charge in [0.15, 0.2) is 0 Å². The average molecular weight is 284 g/mol. The molecule has 5 rings (SSSR count). The first-order valence-corrected chi connectivity index (χ1v) is 7.25. The van der Waals surface area contributed by atoms with Gasteiger partial charge in [-0.3, -0.25) is 9.97 Å². The van der Waals surface area contributed by atoms with Crippen molar-refractivity contribution in [3.63, 3.8) is 0 Å². The molecule has 0 saturated heterocycles. The second-order valence-electron chi connectivity index (χ2n) is 5.66. The third kappa shape index (κ3) is 1.56. The largest absolute Gasteiger partial charge is 0.456 e. The number of furan rings is 2. The van der Waals surface area contributed by atoms with Crippen molar-refractivity contribution in [1.82, 2.24) is 9.97 Å². The van der Waals surface area contributed by atoms with Gasteiger partial charge >= 0.3 is 0 Å². The molecule has 1 aromatic carbocycles. The van der Waals surface area contributed by atoms with Gasteiger partial charge < -0.3 is 4.42 Å². The van der Waals surface area contributed by atoms with E-state index >= 15 is 0 Å². The zero-order chi connectivity index (χ0) is 14.7. The smallest absolute Gasteiger partial charge is 0.135 e. The summed E-state index contributed by atoms with van der Waals surface area (Å²) in [5, 5.41) is 4.65. The van der Waals surface area contributed by atoms with Gasteiger partial charge in [-0.15, -0.1) is 0 Å². The molecule has 0 spiro atoms. The van der Waals surface area contributed by atoms with Crippen molar-refractivity contribution in [3.05, 3.63) is 60.6 Å². The molecule has 104 valence electrons. The molecule has 0 fully saturated rings. The average Bonchev–Trinajstić information content (AvgIpc) is 3.14. The Labute approximate surface area is 126 Å². The predicted octanol–water partition coefficient (Wildman–Crippen LogP) is 4.94. The van der Waals surface area contributed by atoms with E-state index in [1.165, 1.54) is 16.2 Å². The van der Waals surface area contributed by atoms with Crippen LogP contribution in [-0.2, 0) is 0 Å². The lowest BCUT2D eigenvalue weighted by molar-refractivity contribution is 0.679. The quantitative estimate of drug-likeness (QED) is 0.409. The van der Waals surface area contributed by atoms with Crippen LogP contribution >= 0.6 is 0 Å². The normalized spacial score (nSPS) is 11.9. The third-order valence-corrected chi connectivity index (χ3v) is 4.19. The van der Waals surface area contributed by atoms with Gasteiger partial charge in [0.05, 0.1) is 5.69 Å². The van der Waals surface area contributed by atoms with Crippen LogP contribution in [-0.4, -0.2) is 9.97 Å². The molecule has 0 aliphatic rings. The number of pyridine rings is 2. The van der Waals surface area contributed by atoms with Gasteiger partial charge in [-0.1, -0.05) is 0 Å². The zero-order valence-corrected chi connectivity index (χ0v) is 12.0. The second-order valence-corrected chi connectivity index (χ2v) is 5.66. The van der Waals surface area contributed by atoms with Gasteiger partial charge in [0.1, 0.15) is 11.2 Å². The van der Waals surface area contributed by atoms with Crippen LogP contribution in [0.1, 0.15) is 5.69 Å². The maximum atomic E-state index is 5.74. The van der Waals surface area contributed by atoms with Crippen LogP contribution in [0.4, 0.5) is 0 Å². The van der Waals surface area contributed by atoms with Crippen molar-refractivity contribution in [1.29, 1.82) is 0 Å². The molecule has 0 aliphatic heterocycles. The number of rotatable bonds is 1. The number of hydrogen-bond acceptors (Lipinski definition) is 3. The summed E-state index contributed by atoms with van der Waals surface area (Å²) in [4.78, 5) is 8.85. The molecule has 5 aromatic rings. The summed E-state index contributed by atoms with van der Waals surface area (Å²) in [6.07, 6.45) is 3.75. The maximum absolute atomic E-state index is 5.74. The molecule has 4 aromatic heterocycles. The summed E-state index contributed by atoms with van der Waals surface area (Å²) in [7, 11) is 0. The first-order chi connectivity index (χ1) is 10.8. The number of benzene rings is 2. The first-order valence-electron chi connectivity index (χ1n) is 7.25. The fraction of sp³-hybridized carbons (Fsp3) is 0.0526. The van der Waals surface area contributed by atoms with Crippen molar-refractivity contribution in [2.45, 2.75) is 6.92 Å². The molecule has 0 radical (unpaired) electrons. The Kier molecular flexibility index (Phi) is 2.15. The lowest BCUT2D eigenvalue weighted by atomic mass is 10.0. The summed E-state index contributed by atoms with van der Waals surface area (Å²) < 4.78 is 5.74. The van der Waals surface area contributed by atoms with E-state index in [1.54, 1.807) is 0 Å². The molecular formula is C19H12N2O. The van der Waals surface area contributed by atoms with Crippen LogP contribution in [0.15, 0.2) is 59.3 Å². The number of aryl methyl sites for hydroxylation is 1. The molecule has 0 aliphatic carbocycles. The van der Waals surface area contributed by atoms with Crippen molar-refractivity contribution in [2.75, 3.05) is 0 Å². The number of fused-ring (bicyclic) bond motifs is 6. The fourth-order valence-corrected chi connectivity index (χ4v) is 3.09. The Morgan fingerprint density at radius 1 is 0.818 bits per heavy atom. The third-order valence-electron chi connectivity index (χ3n) is 4.19. The lowest BCUT2D eigenvalue weighted by Crippen LogP contribution is -1.87. The van der Waals surface area contributed by atoms with E-state index in [1.807, 2.05) is 37.5 Å². The van der Waals surface area contributed by atoms with Gasteiger partial charge in [0, 0.05) is 39.8 Å². The minimum Gasteiger partial charge on any atom is -0.456 e. The molecule has 0 N–H and O–H groups in total. The van der Waals surface area contributed by atoms with E-state index in [9.17, 15) is 0 Å². The Morgan fingerprint density at radius 2 is 1.59 bits per heavy atom. The van der Waals surface area contributed by atoms with Gasteiger partial charge in [0.25, 0.3) is 0 Å². The van der Waals surface area contributed by atoms with Crippen molar-refractivity contribution in [3.8, 4) is 11.3 Å². The highest BCUT2D eigenvalue weighted by atomic mass is 16.3. The van der Waals surface area contributed by atoms with Gasteiger partial charge in [-0.25, -0.2) is 0 Å². The van der Waals surface area contributed by atoms with E-state index in [2.05, 4.69) is 34.2 Å². The molecular weight excluding hydrogens is 272 g/mol. The lowest BCUT2D eigenvalue weighted by Gasteiger charge is -2.05. The summed E-state index contributed by atoms with van der Waals surface area (Å²) in [6.45, 7) is 1.99. The Bertz CT molecular complexity index is 1140. The summed E-state index contributed by atoms with van der Waals surface area (Å²) in [5.41, 5.74) is 4.95. The predicted molar refractivity (Wildman–Crippen MR) is 88.2 cm³/mol. The highest BCUT2D eigenvalue weighted by Gasteiger charge is 2.11. The minimum absolute atomic E-state index is 0.945. The van der Waals surface area contributed by atoms with E-state index in [4.69, 9.17) is 4.42 Å². The molecule has 4 heterocycles. The van der Waals surface area contributed by atoms with Crippen LogP contribution in [0.25, 0.3) is 44.0 Å². The van der Waals surface area contributed by atoms with Crippen LogP contribution in [0.5, 0.6) is 0 Å². The van der Waals surface area contributed by atoms with Gasteiger partial charge in [0.2, 0.25) is 0 Å². The van der Waals surface area contributed by atoms with Crippen LogP contribution < -0.4 is 0 Å². The monoisotopic (exact) mass is 284 g/mol. The summed E-state index contributed by atoms with van der Waals surface area (Å²) in [6, 6.07) is 14.6. The molecule has 2 bridgehead atoms. The standard InChI is InChI=1S/C19H12N2O/c1-11-6-12(4-5-20-11)17-9-13-7-15-16(8-14(13)10-21-17)19-3-2-18(15)22-19/h2-10H,1H3. The first kappa shape index (κ1) is 11.7. The molecule has 3 heteroatoms. The number of hydrogen-bond donors (Lipinski definition) is 0. The van der Waals surface area contributed by atoms with Crippen LogP contribution in [0.3, 0.4) is 0 Å². The Balaban J connectivity index is 1.79. The minimum atomic E-state index is 0.945. The number of aromatic nitrogens is 2. The summed E-state index contributed by atoms with van der Waals surface area (Å²) in [5.74, 6) is 0. The molecule has 3 nitrogen and oxygen atoms in total. The second kappa shape index (κ2) is 4.04. The fourth-order valence-electron chi connectivity index (χ4n) is 3.09. The highest BCUT2D eigenvalue weighted by molar-refractivity contribution is 6.12. The van der Waals surface area contributed by atoms with E-state index < -0.39 is 0 Å². The zero-order valence-electron chi connectivity index (χ0n) is 12.0. The van der Waals surface area contributed by atoms with E-state index in [0.29, 0.717) is 0 Å². The Hall–Kier alpha value is -2.94. The topological polar surface area (TPSA) is 38.9 Å². The van der Waals surface area contributed by atoms with E-state index in [-0.39, 0.29) is 0 Å². The van der Waals surface area contributed by atoms with Gasteiger partial charge in [-0.2, -0.15) is 0 Å². The molecule has 0 unspecified atom stereocenters. The van der Waals surface area contributed by atoms with Crippen molar-refractivity contribution < 1.29 is 4.42 Å². The molecule has 22 heavy (non-hydrogen) atoms. The molecule has 0 atom stereocenters.